The molecule has 112 valence electrons. The molecule has 1 heterocycles. The quantitative estimate of drug-likeness (QED) is 0.730. The second-order valence-electron chi connectivity index (χ2n) is 5.49. The summed E-state index contributed by atoms with van der Waals surface area (Å²) in [5.74, 6) is 0.878. The van der Waals surface area contributed by atoms with E-state index in [1.807, 2.05) is 18.7 Å². The van der Waals surface area contributed by atoms with Crippen molar-refractivity contribution in [2.45, 2.75) is 37.5 Å². The van der Waals surface area contributed by atoms with Gasteiger partial charge in [0.2, 0.25) is 0 Å². The van der Waals surface area contributed by atoms with E-state index < -0.39 is 0 Å². The molecule has 1 fully saturated rings. The van der Waals surface area contributed by atoms with E-state index in [1.165, 1.54) is 12.0 Å². The van der Waals surface area contributed by atoms with Crippen LogP contribution in [0.5, 0.6) is 0 Å². The molecular weight excluding hydrogens is 358 g/mol. The number of ether oxygens (including phenoxy) is 1. The number of halogens is 1. The summed E-state index contributed by atoms with van der Waals surface area (Å²) in [6.07, 6.45) is 2.78. The molecule has 1 aromatic rings. The van der Waals surface area contributed by atoms with Crippen LogP contribution in [0.25, 0.3) is 0 Å². The number of esters is 1. The lowest BCUT2D eigenvalue weighted by molar-refractivity contribution is -0.141. The van der Waals surface area contributed by atoms with E-state index in [1.54, 1.807) is 11.3 Å². The van der Waals surface area contributed by atoms with Crippen LogP contribution in [0.1, 0.15) is 36.3 Å². The molecular formula is C14H20BrNO2S2. The number of thioether (sulfide) groups is 1. The van der Waals surface area contributed by atoms with Crippen LogP contribution >= 0.6 is 39.0 Å². The van der Waals surface area contributed by atoms with Gasteiger partial charge in [0.15, 0.2) is 0 Å². The molecule has 2 rings (SSSR count). The molecule has 0 aromatic carbocycles. The molecule has 1 saturated carbocycles. The molecule has 0 saturated heterocycles. The number of rotatable bonds is 7. The Hall–Kier alpha value is -0.0400. The standard InChI is InChI=1S/C14H20BrNO2S2/c1-9(16)13(10-3-4-11(15)20-10)19-8-14(5-6-14)7-12(17)18-2/h3-4,9,13H,5-8,16H2,1-2H3. The maximum Gasteiger partial charge on any atom is 0.306 e. The molecule has 1 aromatic heterocycles. The molecule has 1 aliphatic rings. The molecule has 2 unspecified atom stereocenters. The van der Waals surface area contributed by atoms with Gasteiger partial charge in [-0.3, -0.25) is 4.79 Å². The van der Waals surface area contributed by atoms with E-state index in [4.69, 9.17) is 10.5 Å². The van der Waals surface area contributed by atoms with Crippen molar-refractivity contribution < 1.29 is 9.53 Å². The first-order chi connectivity index (χ1) is 9.46. The summed E-state index contributed by atoms with van der Waals surface area (Å²) in [7, 11) is 1.46. The van der Waals surface area contributed by atoms with Crippen molar-refractivity contribution in [1.29, 1.82) is 0 Å². The normalized spacial score (nSPS) is 19.4. The number of nitrogens with two attached hydrogens (primary N) is 1. The highest BCUT2D eigenvalue weighted by Gasteiger charge is 2.45. The van der Waals surface area contributed by atoms with Gasteiger partial charge in [0.1, 0.15) is 0 Å². The Kier molecular flexibility index (Phi) is 5.56. The third-order valence-electron chi connectivity index (χ3n) is 3.63. The fourth-order valence-electron chi connectivity index (χ4n) is 2.17. The SMILES string of the molecule is COC(=O)CC1(CSC(c2ccc(Br)s2)C(C)N)CC1. The monoisotopic (exact) mass is 377 g/mol. The summed E-state index contributed by atoms with van der Waals surface area (Å²) in [4.78, 5) is 12.8. The van der Waals surface area contributed by atoms with E-state index in [9.17, 15) is 4.79 Å². The van der Waals surface area contributed by atoms with Crippen LogP contribution in [0.4, 0.5) is 0 Å². The highest BCUT2D eigenvalue weighted by molar-refractivity contribution is 9.11. The predicted octanol–water partition coefficient (Wildman–Crippen LogP) is 3.98. The summed E-state index contributed by atoms with van der Waals surface area (Å²) in [6.45, 7) is 2.05. The fraction of sp³-hybridized carbons (Fsp3) is 0.643. The van der Waals surface area contributed by atoms with Gasteiger partial charge in [-0.25, -0.2) is 0 Å². The highest BCUT2D eigenvalue weighted by atomic mass is 79.9. The average molecular weight is 378 g/mol. The first kappa shape index (κ1) is 16.3. The molecule has 1 aliphatic carbocycles. The molecule has 0 spiro atoms. The van der Waals surface area contributed by atoms with Crippen molar-refractivity contribution in [1.82, 2.24) is 0 Å². The summed E-state index contributed by atoms with van der Waals surface area (Å²) in [5.41, 5.74) is 6.29. The lowest BCUT2D eigenvalue weighted by Gasteiger charge is -2.22. The van der Waals surface area contributed by atoms with Crippen LogP contribution in [0.3, 0.4) is 0 Å². The summed E-state index contributed by atoms with van der Waals surface area (Å²) in [6, 6.07) is 4.30. The van der Waals surface area contributed by atoms with Crippen LogP contribution in [0, 0.1) is 5.41 Å². The van der Waals surface area contributed by atoms with E-state index >= 15 is 0 Å². The maximum absolute atomic E-state index is 11.5. The second kappa shape index (κ2) is 6.81. The van der Waals surface area contributed by atoms with Crippen molar-refractivity contribution in [3.05, 3.63) is 20.8 Å². The molecule has 2 atom stereocenters. The van der Waals surface area contributed by atoms with Crippen LogP contribution in [-0.2, 0) is 9.53 Å². The Balaban J connectivity index is 1.95. The smallest absolute Gasteiger partial charge is 0.306 e. The van der Waals surface area contributed by atoms with Crippen molar-refractivity contribution in [2.24, 2.45) is 11.1 Å². The van der Waals surface area contributed by atoms with Gasteiger partial charge < -0.3 is 10.5 Å². The van der Waals surface area contributed by atoms with E-state index in [2.05, 4.69) is 28.1 Å². The molecule has 2 N–H and O–H groups in total. The van der Waals surface area contributed by atoms with Gasteiger partial charge in [0.05, 0.1) is 22.6 Å². The zero-order chi connectivity index (χ0) is 14.8. The average Bonchev–Trinajstić information content (AvgIpc) is 3.02. The van der Waals surface area contributed by atoms with Crippen molar-refractivity contribution in [2.75, 3.05) is 12.9 Å². The zero-order valence-corrected chi connectivity index (χ0v) is 14.9. The predicted molar refractivity (Wildman–Crippen MR) is 89.2 cm³/mol. The van der Waals surface area contributed by atoms with E-state index in [0.29, 0.717) is 11.7 Å². The summed E-state index contributed by atoms with van der Waals surface area (Å²) >= 11 is 7.11. The first-order valence-electron chi connectivity index (χ1n) is 6.65. The minimum absolute atomic E-state index is 0.0967. The van der Waals surface area contributed by atoms with Crippen molar-refractivity contribution in [3.63, 3.8) is 0 Å². The Labute approximate surface area is 136 Å². The number of hydrogen-bond acceptors (Lipinski definition) is 5. The number of carbonyl (C=O) groups excluding carboxylic acids is 1. The van der Waals surface area contributed by atoms with Gasteiger partial charge in [0.25, 0.3) is 0 Å². The minimum Gasteiger partial charge on any atom is -0.469 e. The van der Waals surface area contributed by atoms with Crippen molar-refractivity contribution >= 4 is 45.0 Å². The van der Waals surface area contributed by atoms with Gasteiger partial charge in [0, 0.05) is 16.7 Å². The van der Waals surface area contributed by atoms with Crippen LogP contribution < -0.4 is 5.73 Å². The number of hydrogen-bond donors (Lipinski definition) is 1. The molecule has 0 radical (unpaired) electrons. The Bertz CT molecular complexity index is 471. The fourth-order valence-corrected chi connectivity index (χ4v) is 5.51. The summed E-state index contributed by atoms with van der Waals surface area (Å²) < 4.78 is 5.93. The second-order valence-corrected chi connectivity index (χ2v) is 9.11. The van der Waals surface area contributed by atoms with Gasteiger partial charge in [-0.1, -0.05) is 0 Å². The zero-order valence-electron chi connectivity index (χ0n) is 11.7. The molecule has 0 bridgehead atoms. The third kappa shape index (κ3) is 4.23. The number of carbonyl (C=O) groups is 1. The number of methoxy groups -OCH3 is 1. The maximum atomic E-state index is 11.5. The third-order valence-corrected chi connectivity index (χ3v) is 7.30. The van der Waals surface area contributed by atoms with Gasteiger partial charge in [-0.15, -0.1) is 11.3 Å². The van der Waals surface area contributed by atoms with Crippen LogP contribution in [-0.4, -0.2) is 24.9 Å². The van der Waals surface area contributed by atoms with Gasteiger partial charge in [-0.2, -0.15) is 11.8 Å². The van der Waals surface area contributed by atoms with Gasteiger partial charge >= 0.3 is 5.97 Å². The number of thiophene rings is 1. The van der Waals surface area contributed by atoms with Crippen LogP contribution in [0.15, 0.2) is 15.9 Å². The lowest BCUT2D eigenvalue weighted by atomic mass is 10.1. The summed E-state index contributed by atoms with van der Waals surface area (Å²) in [5, 5.41) is 0.293. The minimum atomic E-state index is -0.0979. The van der Waals surface area contributed by atoms with E-state index in [-0.39, 0.29) is 17.4 Å². The Morgan fingerprint density at radius 1 is 1.60 bits per heavy atom. The van der Waals surface area contributed by atoms with Gasteiger partial charge in [-0.05, 0) is 53.2 Å². The molecule has 3 nitrogen and oxygen atoms in total. The first-order valence-corrected chi connectivity index (χ1v) is 9.31. The lowest BCUT2D eigenvalue weighted by Crippen LogP contribution is -2.23. The largest absolute Gasteiger partial charge is 0.469 e. The molecule has 6 heteroatoms. The highest BCUT2D eigenvalue weighted by Crippen LogP contribution is 2.53. The van der Waals surface area contributed by atoms with E-state index in [0.717, 1.165) is 22.4 Å². The molecule has 20 heavy (non-hydrogen) atoms. The Morgan fingerprint density at radius 2 is 2.30 bits per heavy atom. The Morgan fingerprint density at radius 3 is 2.75 bits per heavy atom. The molecule has 0 aliphatic heterocycles. The van der Waals surface area contributed by atoms with Crippen molar-refractivity contribution in [3.8, 4) is 0 Å². The topological polar surface area (TPSA) is 52.3 Å². The molecule has 0 amide bonds. The van der Waals surface area contributed by atoms with Crippen LogP contribution in [0.2, 0.25) is 0 Å².